The molecule has 0 amide bonds. The molecule has 2 N–H and O–H groups in total. The molecule has 1 aromatic rings. The minimum absolute atomic E-state index is 0.0802. The van der Waals surface area contributed by atoms with Crippen LogP contribution in [0.15, 0.2) is 29.2 Å². The zero-order valence-electron chi connectivity index (χ0n) is 10.3. The maximum atomic E-state index is 12.3. The monoisotopic (exact) mass is 303 g/mol. The highest BCUT2D eigenvalue weighted by molar-refractivity contribution is 7.92. The van der Waals surface area contributed by atoms with Crippen molar-refractivity contribution < 1.29 is 17.9 Å². The maximum Gasteiger partial charge on any atom is 0.327 e. The Bertz CT molecular complexity index is 599. The van der Waals surface area contributed by atoms with Gasteiger partial charge >= 0.3 is 5.97 Å². The molecule has 1 saturated carbocycles. The van der Waals surface area contributed by atoms with Crippen molar-refractivity contribution in [1.82, 2.24) is 0 Å². The first-order valence-corrected chi connectivity index (χ1v) is 7.70. The Morgan fingerprint density at radius 3 is 2.58 bits per heavy atom. The average molecular weight is 304 g/mol. The van der Waals surface area contributed by atoms with Crippen molar-refractivity contribution in [2.45, 2.75) is 29.0 Å². The molecule has 0 aromatic heterocycles. The molecule has 1 aromatic carbocycles. The lowest BCUT2D eigenvalue weighted by atomic mass is 10.3. The summed E-state index contributed by atoms with van der Waals surface area (Å²) in [6.45, 7) is 1.82. The van der Waals surface area contributed by atoms with Gasteiger partial charge in [-0.25, -0.2) is 8.42 Å². The lowest BCUT2D eigenvalue weighted by molar-refractivity contribution is -0.145. The van der Waals surface area contributed by atoms with Crippen molar-refractivity contribution >= 4 is 27.4 Å². The largest absolute Gasteiger partial charge is 0.465 e. The van der Waals surface area contributed by atoms with Gasteiger partial charge in [0.1, 0.15) is 5.54 Å². The van der Waals surface area contributed by atoms with Crippen LogP contribution >= 0.6 is 11.6 Å². The number of rotatable bonds is 4. The van der Waals surface area contributed by atoms with Crippen LogP contribution in [0.5, 0.6) is 0 Å². The molecule has 0 heterocycles. The summed E-state index contributed by atoms with van der Waals surface area (Å²) in [6, 6.07) is 5.78. The molecule has 0 radical (unpaired) electrons. The van der Waals surface area contributed by atoms with Crippen LogP contribution in [0.2, 0.25) is 5.02 Å². The molecule has 1 aliphatic rings. The van der Waals surface area contributed by atoms with E-state index in [1.807, 2.05) is 0 Å². The molecule has 5 nitrogen and oxygen atoms in total. The zero-order chi connectivity index (χ0) is 14.3. The number of hydrogen-bond acceptors (Lipinski definition) is 5. The van der Waals surface area contributed by atoms with E-state index in [0.29, 0.717) is 5.02 Å². The van der Waals surface area contributed by atoms with Gasteiger partial charge in [0.2, 0.25) is 0 Å². The Morgan fingerprint density at radius 2 is 2.05 bits per heavy atom. The highest BCUT2D eigenvalue weighted by Gasteiger charge is 2.65. The molecule has 0 saturated heterocycles. The van der Waals surface area contributed by atoms with E-state index in [4.69, 9.17) is 22.1 Å². The van der Waals surface area contributed by atoms with Crippen LogP contribution in [-0.2, 0) is 19.4 Å². The fourth-order valence-electron chi connectivity index (χ4n) is 1.90. The van der Waals surface area contributed by atoms with E-state index in [-0.39, 0.29) is 17.9 Å². The first-order valence-electron chi connectivity index (χ1n) is 5.78. The number of sulfone groups is 1. The van der Waals surface area contributed by atoms with Crippen LogP contribution in [0.25, 0.3) is 0 Å². The van der Waals surface area contributed by atoms with Crippen molar-refractivity contribution in [2.24, 2.45) is 5.73 Å². The second-order valence-electron chi connectivity index (χ2n) is 4.45. The Balaban J connectivity index is 2.24. The van der Waals surface area contributed by atoms with Gasteiger partial charge in [-0.05, 0) is 37.6 Å². The summed E-state index contributed by atoms with van der Waals surface area (Å²) in [5.41, 5.74) is 4.37. The van der Waals surface area contributed by atoms with E-state index in [1.54, 1.807) is 6.92 Å². The highest BCUT2D eigenvalue weighted by Crippen LogP contribution is 2.43. The van der Waals surface area contributed by atoms with E-state index < -0.39 is 26.6 Å². The Kier molecular flexibility index (Phi) is 3.59. The van der Waals surface area contributed by atoms with Gasteiger partial charge < -0.3 is 10.5 Å². The first-order chi connectivity index (χ1) is 8.82. The van der Waals surface area contributed by atoms with Crippen molar-refractivity contribution in [3.05, 3.63) is 29.3 Å². The number of ether oxygens (including phenoxy) is 1. The van der Waals surface area contributed by atoms with Crippen LogP contribution in [0.4, 0.5) is 0 Å². The molecule has 1 aliphatic carbocycles. The molecule has 2 rings (SSSR count). The van der Waals surface area contributed by atoms with Gasteiger partial charge in [-0.15, -0.1) is 0 Å². The third-order valence-corrected chi connectivity index (χ3v) is 5.63. The molecular formula is C12H14ClNO4S. The molecule has 104 valence electrons. The van der Waals surface area contributed by atoms with Crippen LogP contribution in [0, 0.1) is 0 Å². The predicted octanol–water partition coefficient (Wildman–Crippen LogP) is 1.15. The van der Waals surface area contributed by atoms with E-state index in [2.05, 4.69) is 0 Å². The number of carbonyl (C=O) groups is 1. The maximum absolute atomic E-state index is 12.3. The predicted molar refractivity (Wildman–Crippen MR) is 70.6 cm³/mol. The molecule has 0 spiro atoms. The fraction of sp³-hybridized carbons (Fsp3) is 0.417. The number of carbonyl (C=O) groups excluding carboxylic acids is 1. The van der Waals surface area contributed by atoms with Gasteiger partial charge in [0.15, 0.2) is 9.84 Å². The summed E-state index contributed by atoms with van der Waals surface area (Å²) in [6.07, 6.45) is 0.0802. The lowest BCUT2D eigenvalue weighted by Gasteiger charge is -2.10. The molecule has 19 heavy (non-hydrogen) atoms. The van der Waals surface area contributed by atoms with Crippen molar-refractivity contribution in [1.29, 1.82) is 0 Å². The van der Waals surface area contributed by atoms with Crippen molar-refractivity contribution in [3.8, 4) is 0 Å². The zero-order valence-corrected chi connectivity index (χ0v) is 11.9. The molecular weight excluding hydrogens is 290 g/mol. The van der Waals surface area contributed by atoms with Gasteiger partial charge in [0.05, 0.1) is 16.8 Å². The average Bonchev–Trinajstić information content (AvgIpc) is 3.05. The topological polar surface area (TPSA) is 86.5 Å². The number of nitrogens with two attached hydrogens (primary N) is 1. The summed E-state index contributed by atoms with van der Waals surface area (Å²) in [7, 11) is -3.64. The standard InChI is InChI=1S/C12H14ClNO4S/c1-2-18-11(15)12(14)7-10(12)19(16,17)9-5-3-8(13)4-6-9/h3-6,10H,2,7,14H2,1H3/t10-,12+/m0/s1. The quantitative estimate of drug-likeness (QED) is 0.843. The van der Waals surface area contributed by atoms with Gasteiger partial charge in [-0.3, -0.25) is 4.79 Å². The Morgan fingerprint density at radius 1 is 1.47 bits per heavy atom. The van der Waals surface area contributed by atoms with Gasteiger partial charge in [-0.1, -0.05) is 11.6 Å². The summed E-state index contributed by atoms with van der Waals surface area (Å²) in [5.74, 6) is -0.669. The van der Waals surface area contributed by atoms with Gasteiger partial charge in [-0.2, -0.15) is 0 Å². The SMILES string of the molecule is CCOC(=O)[C@@]1(N)C[C@@H]1S(=O)(=O)c1ccc(Cl)cc1. The second-order valence-corrected chi connectivity index (χ2v) is 7.02. The van der Waals surface area contributed by atoms with Gasteiger partial charge in [0, 0.05) is 5.02 Å². The minimum atomic E-state index is -3.64. The van der Waals surface area contributed by atoms with E-state index in [1.165, 1.54) is 24.3 Å². The first kappa shape index (κ1) is 14.3. The van der Waals surface area contributed by atoms with Gasteiger partial charge in [0.25, 0.3) is 0 Å². The van der Waals surface area contributed by atoms with Crippen molar-refractivity contribution in [3.63, 3.8) is 0 Å². The van der Waals surface area contributed by atoms with E-state index in [0.717, 1.165) is 0 Å². The fourth-order valence-corrected chi connectivity index (χ4v) is 4.02. The minimum Gasteiger partial charge on any atom is -0.465 e. The van der Waals surface area contributed by atoms with Crippen LogP contribution in [-0.4, -0.2) is 31.8 Å². The summed E-state index contributed by atoms with van der Waals surface area (Å²) < 4.78 is 29.4. The lowest BCUT2D eigenvalue weighted by Crippen LogP contribution is -2.40. The molecule has 0 bridgehead atoms. The summed E-state index contributed by atoms with van der Waals surface area (Å²) in [4.78, 5) is 11.7. The Labute approximate surface area is 116 Å². The molecule has 0 unspecified atom stereocenters. The third-order valence-electron chi connectivity index (χ3n) is 3.11. The smallest absolute Gasteiger partial charge is 0.327 e. The molecule has 0 aliphatic heterocycles. The third kappa shape index (κ3) is 2.48. The highest BCUT2D eigenvalue weighted by atomic mass is 35.5. The van der Waals surface area contributed by atoms with Crippen LogP contribution < -0.4 is 5.73 Å². The summed E-state index contributed by atoms with van der Waals surface area (Å²) >= 11 is 5.71. The second kappa shape index (κ2) is 4.77. The van der Waals surface area contributed by atoms with E-state index >= 15 is 0 Å². The normalized spacial score (nSPS) is 25.9. The number of halogens is 1. The van der Waals surface area contributed by atoms with Crippen LogP contribution in [0.1, 0.15) is 13.3 Å². The van der Waals surface area contributed by atoms with Crippen LogP contribution in [0.3, 0.4) is 0 Å². The number of esters is 1. The number of benzene rings is 1. The summed E-state index contributed by atoms with van der Waals surface area (Å²) in [5, 5.41) is -0.487. The van der Waals surface area contributed by atoms with Crippen molar-refractivity contribution in [2.75, 3.05) is 6.61 Å². The molecule has 2 atom stereocenters. The van der Waals surface area contributed by atoms with E-state index in [9.17, 15) is 13.2 Å². The number of hydrogen-bond donors (Lipinski definition) is 1. The molecule has 1 fully saturated rings. The molecule has 7 heteroatoms. The Hall–Kier alpha value is -1.11.